The van der Waals surface area contributed by atoms with Crippen LogP contribution < -0.4 is 5.32 Å². The molecular formula is C19H21N3OS2. The molecule has 1 amide bonds. The molecule has 1 aromatic carbocycles. The quantitative estimate of drug-likeness (QED) is 0.657. The van der Waals surface area contributed by atoms with Crippen molar-refractivity contribution in [1.29, 1.82) is 0 Å². The molecule has 3 rings (SSSR count). The highest BCUT2D eigenvalue weighted by molar-refractivity contribution is 7.98. The Hall–Kier alpha value is -1.92. The van der Waals surface area contributed by atoms with E-state index in [-0.39, 0.29) is 5.91 Å². The standard InChI is InChI=1S/C19H21N3OS2/c1-12-16-13(2)21-14(3)22-19(16)25-17(12)18(23)20-9-10-24-11-15-7-5-4-6-8-15/h4-8H,9-11H2,1-3H3,(H,20,23). The largest absolute Gasteiger partial charge is 0.351 e. The number of hydrogen-bond donors (Lipinski definition) is 1. The topological polar surface area (TPSA) is 54.9 Å². The van der Waals surface area contributed by atoms with Crippen LogP contribution in [-0.4, -0.2) is 28.2 Å². The zero-order valence-corrected chi connectivity index (χ0v) is 16.3. The molecule has 0 saturated carbocycles. The lowest BCUT2D eigenvalue weighted by molar-refractivity contribution is 0.0960. The first-order valence-electron chi connectivity index (χ1n) is 8.20. The van der Waals surface area contributed by atoms with Crippen LogP contribution in [0.1, 0.15) is 32.3 Å². The Morgan fingerprint density at radius 2 is 1.92 bits per heavy atom. The first kappa shape index (κ1) is 17.9. The third kappa shape index (κ3) is 4.19. The molecule has 0 aliphatic carbocycles. The number of aromatic nitrogens is 2. The van der Waals surface area contributed by atoms with Gasteiger partial charge in [-0.15, -0.1) is 11.3 Å². The number of carbonyl (C=O) groups is 1. The number of nitrogens with zero attached hydrogens (tertiary/aromatic N) is 2. The van der Waals surface area contributed by atoms with Crippen molar-refractivity contribution in [3.63, 3.8) is 0 Å². The number of fused-ring (bicyclic) bond motifs is 1. The van der Waals surface area contributed by atoms with Crippen molar-refractivity contribution in [2.75, 3.05) is 12.3 Å². The Balaban J connectivity index is 1.57. The maximum absolute atomic E-state index is 12.5. The molecule has 6 heteroatoms. The minimum Gasteiger partial charge on any atom is -0.351 e. The zero-order chi connectivity index (χ0) is 17.8. The van der Waals surface area contributed by atoms with Crippen LogP contribution in [0.2, 0.25) is 0 Å². The van der Waals surface area contributed by atoms with E-state index in [1.165, 1.54) is 16.9 Å². The van der Waals surface area contributed by atoms with E-state index in [9.17, 15) is 4.79 Å². The highest BCUT2D eigenvalue weighted by Gasteiger charge is 2.18. The van der Waals surface area contributed by atoms with Crippen LogP contribution in [0.3, 0.4) is 0 Å². The van der Waals surface area contributed by atoms with Gasteiger partial charge in [0.1, 0.15) is 10.7 Å². The van der Waals surface area contributed by atoms with E-state index >= 15 is 0 Å². The number of benzene rings is 1. The summed E-state index contributed by atoms with van der Waals surface area (Å²) in [5, 5.41) is 4.04. The Kier molecular flexibility index (Phi) is 5.71. The van der Waals surface area contributed by atoms with Crippen molar-refractivity contribution in [1.82, 2.24) is 15.3 Å². The summed E-state index contributed by atoms with van der Waals surface area (Å²) in [6, 6.07) is 10.4. The summed E-state index contributed by atoms with van der Waals surface area (Å²) in [4.78, 5) is 23.0. The molecule has 0 aliphatic rings. The predicted octanol–water partition coefficient (Wildman–Crippen LogP) is 4.28. The normalized spacial score (nSPS) is 11.0. The molecule has 0 unspecified atom stereocenters. The molecule has 2 aromatic heterocycles. The Bertz CT molecular complexity index is 891. The van der Waals surface area contributed by atoms with E-state index in [1.807, 2.05) is 38.6 Å². The summed E-state index contributed by atoms with van der Waals surface area (Å²) in [6.07, 6.45) is 0. The molecule has 0 radical (unpaired) electrons. The molecule has 0 aliphatic heterocycles. The fourth-order valence-corrected chi connectivity index (χ4v) is 4.78. The van der Waals surface area contributed by atoms with Gasteiger partial charge in [-0.1, -0.05) is 30.3 Å². The van der Waals surface area contributed by atoms with Crippen molar-refractivity contribution < 1.29 is 4.79 Å². The highest BCUT2D eigenvalue weighted by atomic mass is 32.2. The molecule has 0 saturated heterocycles. The molecule has 2 heterocycles. The second-order valence-electron chi connectivity index (χ2n) is 5.89. The van der Waals surface area contributed by atoms with Gasteiger partial charge in [-0.3, -0.25) is 4.79 Å². The molecule has 0 spiro atoms. The SMILES string of the molecule is Cc1nc(C)c2c(C)c(C(=O)NCCSCc3ccccc3)sc2n1. The van der Waals surface area contributed by atoms with Crippen LogP contribution in [0.25, 0.3) is 10.2 Å². The van der Waals surface area contributed by atoms with E-state index in [2.05, 4.69) is 39.6 Å². The van der Waals surface area contributed by atoms with Crippen LogP contribution in [0.15, 0.2) is 30.3 Å². The smallest absolute Gasteiger partial charge is 0.261 e. The molecule has 1 N–H and O–H groups in total. The molecule has 4 nitrogen and oxygen atoms in total. The van der Waals surface area contributed by atoms with Gasteiger partial charge in [-0.05, 0) is 31.9 Å². The Labute approximate surface area is 156 Å². The summed E-state index contributed by atoms with van der Waals surface area (Å²) < 4.78 is 0. The molecule has 3 aromatic rings. The molecule has 0 bridgehead atoms. The minimum atomic E-state index is -0.0159. The monoisotopic (exact) mass is 371 g/mol. The summed E-state index contributed by atoms with van der Waals surface area (Å²) in [5.74, 6) is 2.59. The predicted molar refractivity (Wildman–Crippen MR) is 107 cm³/mol. The Morgan fingerprint density at radius 3 is 2.68 bits per heavy atom. The Morgan fingerprint density at radius 1 is 1.16 bits per heavy atom. The minimum absolute atomic E-state index is 0.0159. The highest BCUT2D eigenvalue weighted by Crippen LogP contribution is 2.31. The average molecular weight is 372 g/mol. The van der Waals surface area contributed by atoms with Crippen LogP contribution in [0.4, 0.5) is 0 Å². The fraction of sp³-hybridized carbons (Fsp3) is 0.316. The van der Waals surface area contributed by atoms with Crippen LogP contribution in [0.5, 0.6) is 0 Å². The molecule has 25 heavy (non-hydrogen) atoms. The third-order valence-corrected chi connectivity index (χ3v) is 6.15. The lowest BCUT2D eigenvalue weighted by Gasteiger charge is -2.05. The summed E-state index contributed by atoms with van der Waals surface area (Å²) in [5.41, 5.74) is 3.23. The van der Waals surface area contributed by atoms with Gasteiger partial charge in [0.2, 0.25) is 0 Å². The van der Waals surface area contributed by atoms with Gasteiger partial charge < -0.3 is 5.32 Å². The molecular weight excluding hydrogens is 350 g/mol. The molecule has 130 valence electrons. The van der Waals surface area contributed by atoms with Gasteiger partial charge in [-0.2, -0.15) is 11.8 Å². The molecule has 0 fully saturated rings. The number of carbonyl (C=O) groups excluding carboxylic acids is 1. The number of amides is 1. The van der Waals surface area contributed by atoms with E-state index in [0.717, 1.165) is 43.7 Å². The van der Waals surface area contributed by atoms with E-state index in [4.69, 9.17) is 0 Å². The van der Waals surface area contributed by atoms with Crippen molar-refractivity contribution >= 4 is 39.2 Å². The number of thioether (sulfide) groups is 1. The van der Waals surface area contributed by atoms with E-state index in [1.54, 1.807) is 0 Å². The van der Waals surface area contributed by atoms with Crippen molar-refractivity contribution in [3.05, 3.63) is 57.9 Å². The molecule has 0 atom stereocenters. The summed E-state index contributed by atoms with van der Waals surface area (Å²) in [7, 11) is 0. The van der Waals surface area contributed by atoms with Gasteiger partial charge >= 0.3 is 0 Å². The average Bonchev–Trinajstić information content (AvgIpc) is 2.92. The maximum atomic E-state index is 12.5. The fourth-order valence-electron chi connectivity index (χ4n) is 2.77. The van der Waals surface area contributed by atoms with Gasteiger partial charge in [0.05, 0.1) is 4.88 Å². The van der Waals surface area contributed by atoms with Crippen molar-refractivity contribution in [2.45, 2.75) is 26.5 Å². The second-order valence-corrected chi connectivity index (χ2v) is 7.99. The van der Waals surface area contributed by atoms with Crippen molar-refractivity contribution in [3.8, 4) is 0 Å². The lowest BCUT2D eigenvalue weighted by Crippen LogP contribution is -2.25. The van der Waals surface area contributed by atoms with E-state index < -0.39 is 0 Å². The van der Waals surface area contributed by atoms with Crippen LogP contribution >= 0.6 is 23.1 Å². The number of rotatable bonds is 6. The third-order valence-electron chi connectivity index (χ3n) is 3.93. The summed E-state index contributed by atoms with van der Waals surface area (Å²) in [6.45, 7) is 6.49. The van der Waals surface area contributed by atoms with Gasteiger partial charge in [0.25, 0.3) is 5.91 Å². The number of aryl methyl sites for hydroxylation is 3. The lowest BCUT2D eigenvalue weighted by atomic mass is 10.1. The van der Waals surface area contributed by atoms with Crippen molar-refractivity contribution in [2.24, 2.45) is 0 Å². The van der Waals surface area contributed by atoms with Crippen LogP contribution in [0, 0.1) is 20.8 Å². The summed E-state index contributed by atoms with van der Waals surface area (Å²) >= 11 is 3.27. The second kappa shape index (κ2) is 7.97. The number of nitrogens with one attached hydrogen (secondary N) is 1. The maximum Gasteiger partial charge on any atom is 0.261 e. The van der Waals surface area contributed by atoms with Crippen LogP contribution in [-0.2, 0) is 5.75 Å². The number of thiophene rings is 1. The van der Waals surface area contributed by atoms with Gasteiger partial charge in [0, 0.05) is 29.1 Å². The first-order chi connectivity index (χ1) is 12.1. The zero-order valence-electron chi connectivity index (χ0n) is 14.6. The van der Waals surface area contributed by atoms with Gasteiger partial charge in [-0.25, -0.2) is 9.97 Å². The first-order valence-corrected chi connectivity index (χ1v) is 10.2. The van der Waals surface area contributed by atoms with E-state index in [0.29, 0.717) is 6.54 Å². The number of hydrogen-bond acceptors (Lipinski definition) is 5. The van der Waals surface area contributed by atoms with Gasteiger partial charge in [0.15, 0.2) is 0 Å².